The number of carbonyl (C=O) groups is 1. The number of carbonyl (C=O) groups excluding carboxylic acids is 1. The predicted octanol–water partition coefficient (Wildman–Crippen LogP) is -0.649. The van der Waals surface area contributed by atoms with E-state index in [1.165, 1.54) is 10.6 Å². The first-order valence-corrected chi connectivity index (χ1v) is 5.79. The molecule has 0 bridgehead atoms. The summed E-state index contributed by atoms with van der Waals surface area (Å²) < 4.78 is 6.30. The number of amides is 1. The summed E-state index contributed by atoms with van der Waals surface area (Å²) in [5.74, 6) is -0.235. The Labute approximate surface area is 106 Å². The van der Waals surface area contributed by atoms with Crippen LogP contribution in [0.3, 0.4) is 0 Å². The zero-order chi connectivity index (χ0) is 13.4. The minimum atomic E-state index is -0.235. The maximum Gasteiger partial charge on any atom is 0.251 e. The average Bonchev–Trinajstić information content (AvgIpc) is 2.36. The lowest BCUT2D eigenvalue weighted by Crippen LogP contribution is -2.33. The van der Waals surface area contributed by atoms with E-state index >= 15 is 0 Å². The number of aromatic nitrogens is 1. The maximum absolute atomic E-state index is 11.7. The Balaban J connectivity index is 2.32. The third kappa shape index (κ3) is 4.68. The molecule has 0 aliphatic carbocycles. The lowest BCUT2D eigenvalue weighted by Gasteiger charge is -2.06. The van der Waals surface area contributed by atoms with Gasteiger partial charge in [0.25, 0.3) is 11.5 Å². The van der Waals surface area contributed by atoms with Crippen LogP contribution < -0.4 is 16.2 Å². The highest BCUT2D eigenvalue weighted by Crippen LogP contribution is 1.93. The van der Waals surface area contributed by atoms with Crippen molar-refractivity contribution in [3.05, 3.63) is 34.2 Å². The first-order valence-electron chi connectivity index (χ1n) is 5.79. The standard InChI is InChI=1S/C12H19N3O3/c1-15-7-3-10(9-11(15)16)12(17)14-5-4-13-6-8-18-2/h3,7,9,13H,4-6,8H2,1-2H3,(H,14,17). The largest absolute Gasteiger partial charge is 0.383 e. The number of nitrogens with zero attached hydrogens (tertiary/aromatic N) is 1. The Bertz CT molecular complexity index is 442. The van der Waals surface area contributed by atoms with Gasteiger partial charge in [0.2, 0.25) is 0 Å². The fourth-order valence-electron chi connectivity index (χ4n) is 1.36. The fraction of sp³-hybridized carbons (Fsp3) is 0.500. The van der Waals surface area contributed by atoms with Gasteiger partial charge in [-0.1, -0.05) is 0 Å². The number of aryl methyl sites for hydroxylation is 1. The van der Waals surface area contributed by atoms with Crippen LogP contribution in [-0.2, 0) is 11.8 Å². The van der Waals surface area contributed by atoms with Gasteiger partial charge in [0.05, 0.1) is 6.61 Å². The van der Waals surface area contributed by atoms with Crippen LogP contribution in [0, 0.1) is 0 Å². The second-order valence-corrected chi connectivity index (χ2v) is 3.86. The van der Waals surface area contributed by atoms with E-state index in [0.717, 1.165) is 6.54 Å². The molecule has 2 N–H and O–H groups in total. The molecule has 0 fully saturated rings. The topological polar surface area (TPSA) is 72.4 Å². The second-order valence-electron chi connectivity index (χ2n) is 3.86. The molecule has 1 heterocycles. The van der Waals surface area contributed by atoms with Crippen LogP contribution in [0.15, 0.2) is 23.1 Å². The molecular formula is C12H19N3O3. The Hall–Kier alpha value is -1.66. The number of hydrogen-bond acceptors (Lipinski definition) is 4. The SMILES string of the molecule is COCCNCCNC(=O)c1ccn(C)c(=O)c1. The summed E-state index contributed by atoms with van der Waals surface area (Å²) in [7, 11) is 3.28. The van der Waals surface area contributed by atoms with E-state index in [2.05, 4.69) is 10.6 Å². The van der Waals surface area contributed by atoms with Gasteiger partial charge in [0, 0.05) is 51.6 Å². The average molecular weight is 253 g/mol. The van der Waals surface area contributed by atoms with Crippen molar-refractivity contribution < 1.29 is 9.53 Å². The number of hydrogen-bond donors (Lipinski definition) is 2. The van der Waals surface area contributed by atoms with Crippen LogP contribution in [0.25, 0.3) is 0 Å². The van der Waals surface area contributed by atoms with Crippen molar-refractivity contribution in [2.24, 2.45) is 7.05 Å². The molecule has 6 heteroatoms. The summed E-state index contributed by atoms with van der Waals surface area (Å²) in [4.78, 5) is 23.0. The van der Waals surface area contributed by atoms with Crippen molar-refractivity contribution in [3.8, 4) is 0 Å². The highest BCUT2D eigenvalue weighted by molar-refractivity contribution is 5.93. The van der Waals surface area contributed by atoms with Gasteiger partial charge in [-0.3, -0.25) is 9.59 Å². The molecule has 0 spiro atoms. The van der Waals surface area contributed by atoms with Gasteiger partial charge in [0.15, 0.2) is 0 Å². The Morgan fingerprint density at radius 2 is 2.17 bits per heavy atom. The molecule has 0 unspecified atom stereocenters. The smallest absolute Gasteiger partial charge is 0.251 e. The molecule has 1 amide bonds. The van der Waals surface area contributed by atoms with E-state index in [4.69, 9.17) is 4.74 Å². The van der Waals surface area contributed by atoms with E-state index < -0.39 is 0 Å². The Morgan fingerprint density at radius 3 is 2.83 bits per heavy atom. The van der Waals surface area contributed by atoms with Crippen LogP contribution in [0.2, 0.25) is 0 Å². The van der Waals surface area contributed by atoms with Crippen molar-refractivity contribution in [1.82, 2.24) is 15.2 Å². The molecule has 1 aromatic rings. The third-order valence-corrected chi connectivity index (χ3v) is 2.44. The number of rotatable bonds is 7. The van der Waals surface area contributed by atoms with Gasteiger partial charge in [-0.2, -0.15) is 0 Å². The number of pyridine rings is 1. The summed E-state index contributed by atoms with van der Waals surface area (Å²) in [6.07, 6.45) is 1.58. The number of ether oxygens (including phenoxy) is 1. The summed E-state index contributed by atoms with van der Waals surface area (Å²) in [6, 6.07) is 2.95. The van der Waals surface area contributed by atoms with Crippen LogP contribution in [0.1, 0.15) is 10.4 Å². The minimum absolute atomic E-state index is 0.194. The van der Waals surface area contributed by atoms with Gasteiger partial charge >= 0.3 is 0 Å². The fourth-order valence-corrected chi connectivity index (χ4v) is 1.36. The summed E-state index contributed by atoms with van der Waals surface area (Å²) in [5, 5.41) is 5.84. The molecule has 18 heavy (non-hydrogen) atoms. The Morgan fingerprint density at radius 1 is 1.39 bits per heavy atom. The zero-order valence-electron chi connectivity index (χ0n) is 10.7. The molecular weight excluding hydrogens is 234 g/mol. The highest BCUT2D eigenvalue weighted by Gasteiger charge is 2.05. The zero-order valence-corrected chi connectivity index (χ0v) is 10.7. The summed E-state index contributed by atoms with van der Waals surface area (Å²) in [6.45, 7) is 2.57. The first-order chi connectivity index (χ1) is 8.65. The van der Waals surface area contributed by atoms with E-state index in [1.54, 1.807) is 26.4 Å². The van der Waals surface area contributed by atoms with Gasteiger partial charge in [-0.25, -0.2) is 0 Å². The minimum Gasteiger partial charge on any atom is -0.383 e. The monoisotopic (exact) mass is 253 g/mol. The van der Waals surface area contributed by atoms with Gasteiger partial charge < -0.3 is 19.9 Å². The first kappa shape index (κ1) is 14.4. The van der Waals surface area contributed by atoms with E-state index in [-0.39, 0.29) is 11.5 Å². The molecule has 0 saturated carbocycles. The molecule has 6 nitrogen and oxygen atoms in total. The van der Waals surface area contributed by atoms with Crippen LogP contribution >= 0.6 is 0 Å². The predicted molar refractivity (Wildman–Crippen MR) is 68.8 cm³/mol. The van der Waals surface area contributed by atoms with Gasteiger partial charge in [-0.05, 0) is 6.07 Å². The molecule has 0 saturated heterocycles. The molecule has 0 aliphatic heterocycles. The Kier molecular flexibility index (Phi) is 6.10. The molecule has 0 radical (unpaired) electrons. The van der Waals surface area contributed by atoms with Crippen LogP contribution in [0.5, 0.6) is 0 Å². The van der Waals surface area contributed by atoms with Crippen molar-refractivity contribution in [2.75, 3.05) is 33.4 Å². The second kappa shape index (κ2) is 7.62. The van der Waals surface area contributed by atoms with Crippen molar-refractivity contribution in [2.45, 2.75) is 0 Å². The van der Waals surface area contributed by atoms with Crippen LogP contribution in [0.4, 0.5) is 0 Å². The highest BCUT2D eigenvalue weighted by atomic mass is 16.5. The van der Waals surface area contributed by atoms with E-state index in [1.807, 2.05) is 0 Å². The molecule has 0 aliphatic rings. The normalized spacial score (nSPS) is 10.3. The molecule has 100 valence electrons. The molecule has 0 atom stereocenters. The van der Waals surface area contributed by atoms with E-state index in [9.17, 15) is 9.59 Å². The lowest BCUT2D eigenvalue weighted by molar-refractivity contribution is 0.0953. The van der Waals surface area contributed by atoms with E-state index in [0.29, 0.717) is 25.3 Å². The summed E-state index contributed by atoms with van der Waals surface area (Å²) >= 11 is 0. The lowest BCUT2D eigenvalue weighted by atomic mass is 10.2. The van der Waals surface area contributed by atoms with Crippen molar-refractivity contribution in [1.29, 1.82) is 0 Å². The third-order valence-electron chi connectivity index (χ3n) is 2.44. The quantitative estimate of drug-likeness (QED) is 0.634. The number of methoxy groups -OCH3 is 1. The van der Waals surface area contributed by atoms with Crippen LogP contribution in [-0.4, -0.2) is 43.8 Å². The molecule has 1 rings (SSSR count). The molecule has 0 aromatic carbocycles. The van der Waals surface area contributed by atoms with Crippen molar-refractivity contribution in [3.63, 3.8) is 0 Å². The van der Waals surface area contributed by atoms with Gasteiger partial charge in [0.1, 0.15) is 0 Å². The molecule has 1 aromatic heterocycles. The maximum atomic E-state index is 11.7. The van der Waals surface area contributed by atoms with Gasteiger partial charge in [-0.15, -0.1) is 0 Å². The number of nitrogens with one attached hydrogen (secondary N) is 2. The summed E-state index contributed by atoms with van der Waals surface area (Å²) in [5.41, 5.74) is 0.191. The van der Waals surface area contributed by atoms with Crippen molar-refractivity contribution >= 4 is 5.91 Å².